The summed E-state index contributed by atoms with van der Waals surface area (Å²) in [5, 5.41) is 10.1. The average molecular weight is 483 g/mol. The molecule has 190 valence electrons. The predicted molar refractivity (Wildman–Crippen MR) is 136 cm³/mol. The number of ether oxygens (including phenoxy) is 3. The van der Waals surface area contributed by atoms with Gasteiger partial charge < -0.3 is 19.1 Å². The Morgan fingerprint density at radius 2 is 1.80 bits per heavy atom. The average Bonchev–Trinajstić information content (AvgIpc) is 2.85. The fourth-order valence-electron chi connectivity index (χ4n) is 5.20. The fourth-order valence-corrected chi connectivity index (χ4v) is 5.20. The van der Waals surface area contributed by atoms with Crippen molar-refractivity contribution < 1.29 is 18.6 Å². The number of hydrogen-bond donors (Lipinski definition) is 0. The van der Waals surface area contributed by atoms with Crippen LogP contribution in [0.4, 0.5) is 4.39 Å². The van der Waals surface area contributed by atoms with Crippen LogP contribution in [0.5, 0.6) is 11.5 Å². The Morgan fingerprint density at radius 1 is 1.14 bits per heavy atom. The molecule has 6 heteroatoms. The molecule has 3 rings (SSSR count). The summed E-state index contributed by atoms with van der Waals surface area (Å²) in [4.78, 5) is 2.30. The molecule has 2 aromatic rings. The van der Waals surface area contributed by atoms with Gasteiger partial charge in [-0.25, -0.2) is 4.39 Å². The van der Waals surface area contributed by atoms with Crippen molar-refractivity contribution in [2.24, 2.45) is 5.92 Å². The van der Waals surface area contributed by atoms with Gasteiger partial charge in [-0.1, -0.05) is 26.0 Å². The summed E-state index contributed by atoms with van der Waals surface area (Å²) in [5.41, 5.74) is 2.28. The maximum atomic E-state index is 13.5. The molecule has 0 fully saturated rings. The van der Waals surface area contributed by atoms with Gasteiger partial charge >= 0.3 is 0 Å². The van der Waals surface area contributed by atoms with Crippen LogP contribution in [0.3, 0.4) is 0 Å². The van der Waals surface area contributed by atoms with Crippen LogP contribution in [-0.2, 0) is 22.2 Å². The highest BCUT2D eigenvalue weighted by Gasteiger charge is 2.36. The molecule has 0 saturated heterocycles. The molecular weight excluding hydrogens is 443 g/mol. The molecule has 5 nitrogen and oxygen atoms in total. The Kier molecular flexibility index (Phi) is 8.79. The maximum Gasteiger partial charge on any atom is 0.161 e. The first-order valence-corrected chi connectivity index (χ1v) is 12.4. The summed E-state index contributed by atoms with van der Waals surface area (Å²) in [6.45, 7) is 8.70. The molecule has 0 spiro atoms. The van der Waals surface area contributed by atoms with Crippen molar-refractivity contribution in [3.8, 4) is 17.6 Å². The van der Waals surface area contributed by atoms with Crippen molar-refractivity contribution in [1.82, 2.24) is 4.90 Å². The first-order valence-electron chi connectivity index (χ1n) is 12.4. The number of nitrogens with zero attached hydrogens (tertiary/aromatic N) is 2. The maximum absolute atomic E-state index is 13.5. The highest BCUT2D eigenvalue weighted by atomic mass is 19.1. The molecular formula is C29H39FN2O3. The molecule has 0 radical (unpaired) electrons. The monoisotopic (exact) mass is 482 g/mol. The fraction of sp³-hybridized carbons (Fsp3) is 0.552. The van der Waals surface area contributed by atoms with Gasteiger partial charge in [-0.3, -0.25) is 0 Å². The second-order valence-corrected chi connectivity index (χ2v) is 10.1. The van der Waals surface area contributed by atoms with E-state index in [9.17, 15) is 9.65 Å². The van der Waals surface area contributed by atoms with Gasteiger partial charge in [0.15, 0.2) is 11.5 Å². The van der Waals surface area contributed by atoms with E-state index < -0.39 is 11.0 Å². The SMILES string of the molecule is COc1cc2c(cc1OC)C(C)(CCN(C)CCCC(C#N)(c1ccc(F)cc1)C(C)C)OCC2. The Bertz CT molecular complexity index is 1030. The zero-order valence-electron chi connectivity index (χ0n) is 22.0. The summed E-state index contributed by atoms with van der Waals surface area (Å²) in [7, 11) is 5.43. The molecule has 1 heterocycles. The smallest absolute Gasteiger partial charge is 0.161 e. The summed E-state index contributed by atoms with van der Waals surface area (Å²) in [6.07, 6.45) is 3.30. The Labute approximate surface area is 209 Å². The van der Waals surface area contributed by atoms with E-state index in [0.717, 1.165) is 61.4 Å². The molecule has 1 aliphatic rings. The van der Waals surface area contributed by atoms with E-state index in [1.807, 2.05) is 0 Å². The normalized spacial score (nSPS) is 19.2. The summed E-state index contributed by atoms with van der Waals surface area (Å²) in [5.74, 6) is 1.32. The van der Waals surface area contributed by atoms with Gasteiger partial charge in [0.1, 0.15) is 5.82 Å². The lowest BCUT2D eigenvalue weighted by atomic mass is 9.70. The van der Waals surface area contributed by atoms with Gasteiger partial charge in [0.2, 0.25) is 0 Å². The minimum Gasteiger partial charge on any atom is -0.493 e. The Morgan fingerprint density at radius 3 is 2.40 bits per heavy atom. The van der Waals surface area contributed by atoms with Gasteiger partial charge in [-0.2, -0.15) is 5.26 Å². The molecule has 0 aromatic heterocycles. The lowest BCUT2D eigenvalue weighted by Crippen LogP contribution is -2.37. The molecule has 2 unspecified atom stereocenters. The van der Waals surface area contributed by atoms with Gasteiger partial charge in [0, 0.05) is 6.54 Å². The van der Waals surface area contributed by atoms with Crippen molar-refractivity contribution in [1.29, 1.82) is 5.26 Å². The van der Waals surface area contributed by atoms with Crippen LogP contribution in [0.2, 0.25) is 0 Å². The van der Waals surface area contributed by atoms with Crippen LogP contribution in [-0.4, -0.2) is 45.9 Å². The quantitative estimate of drug-likeness (QED) is 0.402. The van der Waals surface area contributed by atoms with Crippen LogP contribution in [0, 0.1) is 23.1 Å². The van der Waals surface area contributed by atoms with Crippen LogP contribution in [0.25, 0.3) is 0 Å². The van der Waals surface area contributed by atoms with Crippen molar-refractivity contribution >= 4 is 0 Å². The number of rotatable bonds is 11. The van der Waals surface area contributed by atoms with E-state index >= 15 is 0 Å². The standard InChI is InChI=1S/C29H39FN2O3/c1-21(2)29(20-31,23-8-10-24(30)11-9-23)13-7-15-32(4)16-14-28(3)25-19-27(34-6)26(33-5)18-22(25)12-17-35-28/h8-11,18-19,21H,7,12-17H2,1-6H3. The zero-order chi connectivity index (χ0) is 25.6. The molecule has 0 N–H and O–H groups in total. The minimum atomic E-state index is -0.623. The molecule has 1 aliphatic heterocycles. The molecule has 0 saturated carbocycles. The van der Waals surface area contributed by atoms with Gasteiger partial charge in [-0.05, 0) is 93.1 Å². The van der Waals surface area contributed by atoms with E-state index in [1.165, 1.54) is 17.7 Å². The van der Waals surface area contributed by atoms with Crippen LogP contribution >= 0.6 is 0 Å². The number of benzene rings is 2. The van der Waals surface area contributed by atoms with E-state index in [2.05, 4.69) is 50.9 Å². The molecule has 2 aromatic carbocycles. The van der Waals surface area contributed by atoms with Gasteiger partial charge in [0.05, 0.1) is 37.9 Å². The van der Waals surface area contributed by atoms with Crippen molar-refractivity contribution in [3.05, 3.63) is 58.9 Å². The molecule has 0 bridgehead atoms. The first-order chi connectivity index (χ1) is 16.7. The highest BCUT2D eigenvalue weighted by Crippen LogP contribution is 2.42. The molecule has 0 amide bonds. The van der Waals surface area contributed by atoms with Gasteiger partial charge in [-0.15, -0.1) is 0 Å². The summed E-state index contributed by atoms with van der Waals surface area (Å²) >= 11 is 0. The molecule has 35 heavy (non-hydrogen) atoms. The van der Waals surface area contributed by atoms with Crippen LogP contribution < -0.4 is 9.47 Å². The summed E-state index contributed by atoms with van der Waals surface area (Å²) < 4.78 is 30.8. The van der Waals surface area contributed by atoms with Crippen LogP contribution in [0.1, 0.15) is 56.7 Å². The van der Waals surface area contributed by atoms with E-state index in [1.54, 1.807) is 26.4 Å². The van der Waals surface area contributed by atoms with Gasteiger partial charge in [0.25, 0.3) is 0 Å². The third-order valence-corrected chi connectivity index (χ3v) is 7.60. The van der Waals surface area contributed by atoms with E-state index in [0.29, 0.717) is 6.61 Å². The second-order valence-electron chi connectivity index (χ2n) is 10.1. The number of methoxy groups -OCH3 is 2. The highest BCUT2D eigenvalue weighted by molar-refractivity contribution is 5.50. The third-order valence-electron chi connectivity index (χ3n) is 7.60. The minimum absolute atomic E-state index is 0.126. The Balaban J connectivity index is 1.64. The largest absolute Gasteiger partial charge is 0.493 e. The third kappa shape index (κ3) is 5.79. The number of nitriles is 1. The predicted octanol–water partition coefficient (Wildman–Crippen LogP) is 5.85. The van der Waals surface area contributed by atoms with Crippen molar-refractivity contribution in [3.63, 3.8) is 0 Å². The van der Waals surface area contributed by atoms with E-state index in [4.69, 9.17) is 14.2 Å². The first kappa shape index (κ1) is 27.0. The summed E-state index contributed by atoms with van der Waals surface area (Å²) in [6, 6.07) is 13.1. The molecule has 2 atom stereocenters. The van der Waals surface area contributed by atoms with Crippen molar-refractivity contribution in [2.75, 3.05) is 41.0 Å². The number of halogens is 1. The zero-order valence-corrected chi connectivity index (χ0v) is 22.0. The Hall–Kier alpha value is -2.62. The van der Waals surface area contributed by atoms with Crippen LogP contribution in [0.15, 0.2) is 36.4 Å². The lowest BCUT2D eigenvalue weighted by molar-refractivity contribution is -0.0564. The lowest BCUT2D eigenvalue weighted by Gasteiger charge is -2.38. The number of hydrogen-bond acceptors (Lipinski definition) is 5. The second kappa shape index (κ2) is 11.4. The van der Waals surface area contributed by atoms with E-state index in [-0.39, 0.29) is 11.7 Å². The molecule has 0 aliphatic carbocycles. The number of fused-ring (bicyclic) bond motifs is 1. The topological polar surface area (TPSA) is 54.7 Å². The van der Waals surface area contributed by atoms with Crippen molar-refractivity contribution in [2.45, 2.75) is 57.5 Å².